The molecule has 3 N–H and O–H groups in total. The second-order valence-corrected chi connectivity index (χ2v) is 6.95. The SMILES string of the molecule is C=CCc1cccc(/C=N\NC(=O)c2cccc(NC(=O)c3ccc(C)cc3)c2)c1O. The van der Waals surface area contributed by atoms with Gasteiger partial charge in [-0.25, -0.2) is 5.43 Å². The molecule has 0 saturated carbocycles. The minimum atomic E-state index is -0.440. The van der Waals surface area contributed by atoms with Gasteiger partial charge >= 0.3 is 0 Å². The summed E-state index contributed by atoms with van der Waals surface area (Å²) in [4.78, 5) is 24.8. The molecule has 0 saturated heterocycles. The quantitative estimate of drug-likeness (QED) is 0.304. The first kappa shape index (κ1) is 21.5. The number of aromatic hydroxyl groups is 1. The molecule has 0 radical (unpaired) electrons. The number of phenolic OH excluding ortho intramolecular Hbond substituents is 1. The zero-order chi connectivity index (χ0) is 22.2. The molecule has 0 spiro atoms. The number of allylic oxidation sites excluding steroid dienone is 1. The molecule has 0 aliphatic carbocycles. The molecule has 0 aliphatic heterocycles. The highest BCUT2D eigenvalue weighted by Crippen LogP contribution is 2.21. The van der Waals surface area contributed by atoms with E-state index in [2.05, 4.69) is 22.4 Å². The van der Waals surface area contributed by atoms with Gasteiger partial charge in [0.25, 0.3) is 11.8 Å². The molecule has 6 heteroatoms. The Morgan fingerprint density at radius 1 is 1.00 bits per heavy atom. The minimum Gasteiger partial charge on any atom is -0.507 e. The highest BCUT2D eigenvalue weighted by molar-refractivity contribution is 6.05. The van der Waals surface area contributed by atoms with Gasteiger partial charge in [-0.15, -0.1) is 6.58 Å². The molecular formula is C25H23N3O3. The molecule has 31 heavy (non-hydrogen) atoms. The van der Waals surface area contributed by atoms with Crippen LogP contribution >= 0.6 is 0 Å². The predicted molar refractivity (Wildman–Crippen MR) is 123 cm³/mol. The summed E-state index contributed by atoms with van der Waals surface area (Å²) in [5.41, 5.74) is 6.07. The van der Waals surface area contributed by atoms with Crippen molar-refractivity contribution in [3.8, 4) is 5.75 Å². The normalized spacial score (nSPS) is 10.6. The number of carbonyl (C=O) groups is 2. The first-order valence-corrected chi connectivity index (χ1v) is 9.71. The van der Waals surface area contributed by atoms with Crippen molar-refractivity contribution in [2.75, 3.05) is 5.32 Å². The molecule has 0 heterocycles. The number of carbonyl (C=O) groups excluding carboxylic acids is 2. The van der Waals surface area contributed by atoms with Crippen molar-refractivity contribution in [2.45, 2.75) is 13.3 Å². The molecule has 0 aliphatic rings. The number of rotatable bonds is 7. The van der Waals surface area contributed by atoms with E-state index >= 15 is 0 Å². The summed E-state index contributed by atoms with van der Waals surface area (Å²) in [5, 5.41) is 17.0. The van der Waals surface area contributed by atoms with Crippen molar-refractivity contribution < 1.29 is 14.7 Å². The third-order valence-electron chi connectivity index (χ3n) is 4.58. The van der Waals surface area contributed by atoms with Crippen molar-refractivity contribution in [3.05, 3.63) is 107 Å². The van der Waals surface area contributed by atoms with Crippen molar-refractivity contribution in [1.82, 2.24) is 5.43 Å². The average Bonchev–Trinajstić information content (AvgIpc) is 2.77. The monoisotopic (exact) mass is 413 g/mol. The standard InChI is InChI=1S/C25H23N3O3/c1-3-6-18-7-4-9-21(23(18)29)16-26-28-25(31)20-8-5-10-22(15-20)27-24(30)19-13-11-17(2)12-14-19/h3-5,7-16,29H,1,6H2,2H3,(H,27,30)(H,28,31)/b26-16-. The van der Waals surface area contributed by atoms with Crippen LogP contribution in [0.3, 0.4) is 0 Å². The van der Waals surface area contributed by atoms with E-state index < -0.39 is 5.91 Å². The maximum atomic E-state index is 12.4. The Morgan fingerprint density at radius 2 is 1.74 bits per heavy atom. The molecule has 0 fully saturated rings. The highest BCUT2D eigenvalue weighted by Gasteiger charge is 2.09. The van der Waals surface area contributed by atoms with E-state index in [1.54, 1.807) is 60.7 Å². The number of hydrogen-bond donors (Lipinski definition) is 3. The van der Waals surface area contributed by atoms with Crippen molar-refractivity contribution in [2.24, 2.45) is 5.10 Å². The lowest BCUT2D eigenvalue weighted by molar-refractivity contribution is 0.0953. The van der Waals surface area contributed by atoms with Crippen LogP contribution < -0.4 is 10.7 Å². The second kappa shape index (κ2) is 10.0. The summed E-state index contributed by atoms with van der Waals surface area (Å²) in [7, 11) is 0. The summed E-state index contributed by atoms with van der Waals surface area (Å²) in [6.07, 6.45) is 3.60. The number of nitrogens with one attached hydrogen (secondary N) is 2. The largest absolute Gasteiger partial charge is 0.507 e. The molecule has 2 amide bonds. The molecule has 0 atom stereocenters. The number of para-hydroxylation sites is 1. The molecule has 6 nitrogen and oxygen atoms in total. The van der Waals surface area contributed by atoms with Crippen LogP contribution in [0.15, 0.2) is 84.5 Å². The Balaban J connectivity index is 1.65. The molecule has 0 unspecified atom stereocenters. The third kappa shape index (κ3) is 5.67. The Bertz CT molecular complexity index is 1140. The number of hydrogen-bond acceptors (Lipinski definition) is 4. The van der Waals surface area contributed by atoms with E-state index in [0.29, 0.717) is 28.8 Å². The van der Waals surface area contributed by atoms with E-state index in [4.69, 9.17) is 0 Å². The zero-order valence-corrected chi connectivity index (χ0v) is 17.1. The fourth-order valence-electron chi connectivity index (χ4n) is 2.91. The van der Waals surface area contributed by atoms with E-state index in [9.17, 15) is 14.7 Å². The predicted octanol–water partition coefficient (Wildman–Crippen LogP) is 4.45. The van der Waals surface area contributed by atoms with Gasteiger partial charge in [-0.05, 0) is 55.3 Å². The summed E-state index contributed by atoms with van der Waals surface area (Å²) >= 11 is 0. The van der Waals surface area contributed by atoms with Gasteiger partial charge < -0.3 is 10.4 Å². The van der Waals surface area contributed by atoms with Gasteiger partial charge in [0.05, 0.1) is 6.21 Å². The number of amides is 2. The molecule has 0 aromatic heterocycles. The van der Waals surface area contributed by atoms with Crippen LogP contribution in [0.4, 0.5) is 5.69 Å². The van der Waals surface area contributed by atoms with E-state index in [-0.39, 0.29) is 11.7 Å². The van der Waals surface area contributed by atoms with Gasteiger partial charge in [0.1, 0.15) is 5.75 Å². The first-order chi connectivity index (χ1) is 15.0. The third-order valence-corrected chi connectivity index (χ3v) is 4.58. The molecule has 156 valence electrons. The van der Waals surface area contributed by atoms with Gasteiger partial charge in [0.2, 0.25) is 0 Å². The minimum absolute atomic E-state index is 0.0983. The van der Waals surface area contributed by atoms with Crippen molar-refractivity contribution in [1.29, 1.82) is 0 Å². The van der Waals surface area contributed by atoms with E-state index in [0.717, 1.165) is 11.1 Å². The van der Waals surface area contributed by atoms with Crippen molar-refractivity contribution >= 4 is 23.7 Å². The van der Waals surface area contributed by atoms with Crippen LogP contribution in [0.2, 0.25) is 0 Å². The lowest BCUT2D eigenvalue weighted by Crippen LogP contribution is -2.18. The molecule has 0 bridgehead atoms. The van der Waals surface area contributed by atoms with Crippen molar-refractivity contribution in [3.63, 3.8) is 0 Å². The highest BCUT2D eigenvalue weighted by atomic mass is 16.3. The number of nitrogens with zero attached hydrogens (tertiary/aromatic N) is 1. The van der Waals surface area contributed by atoms with Crippen LogP contribution in [-0.4, -0.2) is 23.1 Å². The maximum Gasteiger partial charge on any atom is 0.271 e. The topological polar surface area (TPSA) is 90.8 Å². The zero-order valence-electron chi connectivity index (χ0n) is 17.1. The maximum absolute atomic E-state index is 12.4. The van der Waals surface area contributed by atoms with Gasteiger partial charge in [-0.1, -0.05) is 42.0 Å². The Hall–Kier alpha value is -4.19. The molecule has 3 aromatic rings. The van der Waals surface area contributed by atoms with Crippen LogP contribution in [-0.2, 0) is 6.42 Å². The lowest BCUT2D eigenvalue weighted by Gasteiger charge is -2.07. The smallest absolute Gasteiger partial charge is 0.271 e. The summed E-state index contributed by atoms with van der Waals surface area (Å²) in [6.45, 7) is 5.61. The van der Waals surface area contributed by atoms with Crippen LogP contribution in [0.1, 0.15) is 37.4 Å². The molecule has 3 rings (SSSR count). The number of hydrazone groups is 1. The van der Waals surface area contributed by atoms with Gasteiger partial charge in [-0.3, -0.25) is 9.59 Å². The number of phenols is 1. The average molecular weight is 413 g/mol. The number of benzene rings is 3. The number of anilines is 1. The van der Waals surface area contributed by atoms with Gasteiger partial charge in [0.15, 0.2) is 0 Å². The fourth-order valence-corrected chi connectivity index (χ4v) is 2.91. The lowest BCUT2D eigenvalue weighted by atomic mass is 10.1. The number of aryl methyl sites for hydroxylation is 1. The Morgan fingerprint density at radius 3 is 2.48 bits per heavy atom. The summed E-state index contributed by atoms with van der Waals surface area (Å²) in [5.74, 6) is -0.601. The Labute approximate surface area is 180 Å². The van der Waals surface area contributed by atoms with Gasteiger partial charge in [-0.2, -0.15) is 5.10 Å². The van der Waals surface area contributed by atoms with E-state index in [1.807, 2.05) is 19.1 Å². The van der Waals surface area contributed by atoms with Gasteiger partial charge in [0, 0.05) is 22.4 Å². The Kier molecular flexibility index (Phi) is 6.96. The van der Waals surface area contributed by atoms with Crippen LogP contribution in [0, 0.1) is 6.92 Å². The second-order valence-electron chi connectivity index (χ2n) is 6.95. The van der Waals surface area contributed by atoms with Crippen LogP contribution in [0.5, 0.6) is 5.75 Å². The first-order valence-electron chi connectivity index (χ1n) is 9.71. The fraction of sp³-hybridized carbons (Fsp3) is 0.0800. The van der Waals surface area contributed by atoms with Crippen LogP contribution in [0.25, 0.3) is 0 Å². The molecular weight excluding hydrogens is 390 g/mol. The molecule has 3 aromatic carbocycles. The van der Waals surface area contributed by atoms with E-state index in [1.165, 1.54) is 6.21 Å². The summed E-state index contributed by atoms with van der Waals surface area (Å²) in [6, 6.07) is 19.1. The summed E-state index contributed by atoms with van der Waals surface area (Å²) < 4.78 is 0.